The fraction of sp³-hybridized carbons (Fsp3) is 0.455. The molecular weight excluding hydrogens is 356 g/mol. The van der Waals surface area contributed by atoms with Gasteiger partial charge in [-0.1, -0.05) is 24.3 Å². The van der Waals surface area contributed by atoms with Gasteiger partial charge in [0.25, 0.3) is 0 Å². The minimum absolute atomic E-state index is 0.0198. The molecule has 6 heteroatoms. The van der Waals surface area contributed by atoms with E-state index in [2.05, 4.69) is 4.98 Å². The van der Waals surface area contributed by atoms with Crippen LogP contribution in [0.15, 0.2) is 42.7 Å². The van der Waals surface area contributed by atoms with Crippen molar-refractivity contribution in [2.45, 2.75) is 45.3 Å². The Kier molecular flexibility index (Phi) is 6.19. The first-order valence-corrected chi connectivity index (χ1v) is 9.63. The number of hydrogen-bond acceptors (Lipinski definition) is 5. The third kappa shape index (κ3) is 5.23. The van der Waals surface area contributed by atoms with E-state index < -0.39 is 5.60 Å². The minimum atomic E-state index is -0.499. The summed E-state index contributed by atoms with van der Waals surface area (Å²) in [5.41, 5.74) is 2.56. The largest absolute Gasteiger partial charge is 0.490 e. The van der Waals surface area contributed by atoms with Crippen molar-refractivity contribution in [1.29, 1.82) is 0 Å². The first-order chi connectivity index (χ1) is 13.4. The normalized spacial score (nSPS) is 16.4. The Hall–Kier alpha value is -2.60. The number of pyridine rings is 1. The lowest BCUT2D eigenvalue weighted by Gasteiger charge is -2.40. The summed E-state index contributed by atoms with van der Waals surface area (Å²) in [6, 6.07) is 9.99. The van der Waals surface area contributed by atoms with Crippen LogP contribution in [0.5, 0.6) is 5.75 Å². The molecule has 2 heterocycles. The van der Waals surface area contributed by atoms with E-state index in [9.17, 15) is 4.79 Å². The van der Waals surface area contributed by atoms with Crippen LogP contribution >= 0.6 is 0 Å². The molecule has 1 fully saturated rings. The zero-order valence-electron chi connectivity index (χ0n) is 16.7. The number of likely N-dealkylation sites (tertiary alicyclic amines) is 1. The first-order valence-electron chi connectivity index (χ1n) is 9.63. The van der Waals surface area contributed by atoms with Gasteiger partial charge in [0.2, 0.25) is 0 Å². The Bertz CT molecular complexity index is 816. The fourth-order valence-electron chi connectivity index (χ4n) is 3.06. The molecule has 1 N–H and O–H groups in total. The second-order valence-electron chi connectivity index (χ2n) is 8.01. The average Bonchev–Trinajstić information content (AvgIpc) is 2.60. The van der Waals surface area contributed by atoms with Crippen molar-refractivity contribution in [2.24, 2.45) is 0 Å². The molecule has 150 valence electrons. The molecule has 0 bridgehead atoms. The Labute approximate surface area is 166 Å². The highest BCUT2D eigenvalue weighted by molar-refractivity contribution is 5.69. The summed E-state index contributed by atoms with van der Waals surface area (Å²) in [6.07, 6.45) is 4.70. The Balaban J connectivity index is 1.61. The zero-order valence-corrected chi connectivity index (χ0v) is 16.7. The van der Waals surface area contributed by atoms with E-state index in [0.717, 1.165) is 23.1 Å². The third-order valence-corrected chi connectivity index (χ3v) is 4.59. The topological polar surface area (TPSA) is 71.9 Å². The second kappa shape index (κ2) is 8.61. The van der Waals surface area contributed by atoms with Gasteiger partial charge in [-0.15, -0.1) is 0 Å². The molecule has 1 amide bonds. The Morgan fingerprint density at radius 2 is 2.07 bits per heavy atom. The number of aliphatic hydroxyl groups is 1. The molecule has 1 saturated heterocycles. The van der Waals surface area contributed by atoms with E-state index in [-0.39, 0.29) is 18.7 Å². The van der Waals surface area contributed by atoms with Crippen LogP contribution in [0.4, 0.5) is 4.79 Å². The summed E-state index contributed by atoms with van der Waals surface area (Å²) in [4.78, 5) is 18.2. The summed E-state index contributed by atoms with van der Waals surface area (Å²) < 4.78 is 11.3. The number of aromatic nitrogens is 1. The summed E-state index contributed by atoms with van der Waals surface area (Å²) >= 11 is 0. The molecule has 1 atom stereocenters. The fourth-order valence-corrected chi connectivity index (χ4v) is 3.06. The predicted octanol–water partition coefficient (Wildman–Crippen LogP) is 3.67. The average molecular weight is 384 g/mol. The van der Waals surface area contributed by atoms with Gasteiger partial charge in [-0.2, -0.15) is 0 Å². The van der Waals surface area contributed by atoms with Gasteiger partial charge in [0.15, 0.2) is 0 Å². The van der Waals surface area contributed by atoms with Gasteiger partial charge in [0.05, 0.1) is 12.2 Å². The number of carbonyl (C=O) groups is 1. The van der Waals surface area contributed by atoms with Gasteiger partial charge >= 0.3 is 6.09 Å². The van der Waals surface area contributed by atoms with E-state index in [4.69, 9.17) is 14.6 Å². The maximum Gasteiger partial charge on any atom is 0.410 e. The van der Waals surface area contributed by atoms with Gasteiger partial charge in [0, 0.05) is 24.9 Å². The molecule has 1 aromatic heterocycles. The summed E-state index contributed by atoms with van der Waals surface area (Å²) in [5, 5.41) is 9.13. The minimum Gasteiger partial charge on any atom is -0.490 e. The molecule has 3 rings (SSSR count). The van der Waals surface area contributed by atoms with Gasteiger partial charge in [-0.3, -0.25) is 4.98 Å². The second-order valence-corrected chi connectivity index (χ2v) is 8.01. The van der Waals surface area contributed by atoms with Crippen molar-refractivity contribution >= 4 is 6.09 Å². The summed E-state index contributed by atoms with van der Waals surface area (Å²) in [6.45, 7) is 6.82. The van der Waals surface area contributed by atoms with E-state index >= 15 is 0 Å². The number of ether oxygens (including phenoxy) is 2. The summed E-state index contributed by atoms with van der Waals surface area (Å²) in [5.74, 6) is 0.668. The predicted molar refractivity (Wildman–Crippen MR) is 107 cm³/mol. The number of nitrogens with zero attached hydrogens (tertiary/aromatic N) is 2. The quantitative estimate of drug-likeness (QED) is 0.823. The van der Waals surface area contributed by atoms with Gasteiger partial charge in [-0.25, -0.2) is 4.79 Å². The Morgan fingerprint density at radius 1 is 1.25 bits per heavy atom. The Morgan fingerprint density at radius 3 is 2.75 bits per heavy atom. The van der Waals surface area contributed by atoms with Crippen molar-refractivity contribution in [3.05, 3.63) is 48.3 Å². The number of rotatable bonds is 6. The molecule has 2 aromatic rings. The third-order valence-electron chi connectivity index (χ3n) is 4.59. The van der Waals surface area contributed by atoms with Crippen molar-refractivity contribution in [3.8, 4) is 16.9 Å². The first kappa shape index (κ1) is 20.1. The van der Waals surface area contributed by atoms with E-state index in [1.165, 1.54) is 0 Å². The SMILES string of the molecule is CC(C)(C)OC(=O)N1CCC1COc1cncc(-c2cccc(CCO)c2)c1. The lowest BCUT2D eigenvalue weighted by atomic mass is 10.0. The number of hydrogen-bond donors (Lipinski definition) is 1. The highest BCUT2D eigenvalue weighted by Crippen LogP contribution is 2.26. The van der Waals surface area contributed by atoms with Gasteiger partial charge in [0.1, 0.15) is 18.0 Å². The van der Waals surface area contributed by atoms with Crippen LogP contribution in [0.3, 0.4) is 0 Å². The van der Waals surface area contributed by atoms with E-state index in [0.29, 0.717) is 25.3 Å². The van der Waals surface area contributed by atoms with Crippen molar-refractivity contribution in [2.75, 3.05) is 19.8 Å². The monoisotopic (exact) mass is 384 g/mol. The summed E-state index contributed by atoms with van der Waals surface area (Å²) in [7, 11) is 0. The van der Waals surface area contributed by atoms with Crippen molar-refractivity contribution in [3.63, 3.8) is 0 Å². The highest BCUT2D eigenvalue weighted by Gasteiger charge is 2.35. The molecule has 28 heavy (non-hydrogen) atoms. The highest BCUT2D eigenvalue weighted by atomic mass is 16.6. The molecule has 0 saturated carbocycles. The maximum absolute atomic E-state index is 12.2. The van der Waals surface area contributed by atoms with Crippen LogP contribution in [0, 0.1) is 0 Å². The lowest BCUT2D eigenvalue weighted by molar-refractivity contribution is -0.0141. The smallest absolute Gasteiger partial charge is 0.410 e. The number of carbonyl (C=O) groups excluding carboxylic acids is 1. The maximum atomic E-state index is 12.2. The standard InChI is InChI=1S/C22H28N2O4/c1-22(2,3)28-21(26)24-9-7-19(24)15-27-20-12-18(13-23-14-20)17-6-4-5-16(11-17)8-10-25/h4-6,11-14,19,25H,7-10,15H2,1-3H3. The molecule has 0 spiro atoms. The van der Waals surface area contributed by atoms with Crippen LogP contribution in [0.2, 0.25) is 0 Å². The molecule has 1 aliphatic rings. The van der Waals surface area contributed by atoms with Crippen LogP contribution in [-0.4, -0.2) is 52.5 Å². The molecular formula is C22H28N2O4. The molecule has 1 unspecified atom stereocenters. The van der Waals surface area contributed by atoms with E-state index in [1.54, 1.807) is 17.3 Å². The number of amides is 1. The van der Waals surface area contributed by atoms with Crippen LogP contribution in [0.25, 0.3) is 11.1 Å². The van der Waals surface area contributed by atoms with Crippen LogP contribution in [-0.2, 0) is 11.2 Å². The van der Waals surface area contributed by atoms with Gasteiger partial charge < -0.3 is 19.5 Å². The molecule has 6 nitrogen and oxygen atoms in total. The number of aliphatic hydroxyl groups excluding tert-OH is 1. The number of benzene rings is 1. The van der Waals surface area contributed by atoms with Gasteiger partial charge in [-0.05, 0) is 50.8 Å². The molecule has 1 aliphatic heterocycles. The van der Waals surface area contributed by atoms with Crippen LogP contribution in [0.1, 0.15) is 32.8 Å². The van der Waals surface area contributed by atoms with Crippen LogP contribution < -0.4 is 4.74 Å². The van der Waals surface area contributed by atoms with Crippen molar-refractivity contribution < 1.29 is 19.4 Å². The lowest BCUT2D eigenvalue weighted by Crippen LogP contribution is -2.55. The zero-order chi connectivity index (χ0) is 20.1. The molecule has 1 aromatic carbocycles. The van der Waals surface area contributed by atoms with E-state index in [1.807, 2.05) is 51.1 Å². The molecule has 0 aliphatic carbocycles. The molecule has 0 radical (unpaired) electrons. The van der Waals surface area contributed by atoms with Crippen molar-refractivity contribution in [1.82, 2.24) is 9.88 Å².